The summed E-state index contributed by atoms with van der Waals surface area (Å²) in [5, 5.41) is 12.5. The van der Waals surface area contributed by atoms with E-state index in [0.717, 1.165) is 43.3 Å². The molecule has 1 fully saturated rings. The Balaban J connectivity index is 1.67. The number of aryl methyl sites for hydroxylation is 1. The minimum absolute atomic E-state index is 0.317. The van der Waals surface area contributed by atoms with E-state index < -0.39 is 10.5 Å². The Kier molecular flexibility index (Phi) is 4.86. The number of piperidine rings is 1. The van der Waals surface area contributed by atoms with Crippen molar-refractivity contribution in [2.45, 2.75) is 19.3 Å². The molecule has 1 aromatic heterocycles. The molecule has 1 saturated heterocycles. The molecular formula is C22H23N3O3. The number of fused-ring (bicyclic) bond motifs is 1. The van der Waals surface area contributed by atoms with Crippen LogP contribution in [0, 0.1) is 16.0 Å². The molecule has 0 spiro atoms. The third kappa shape index (κ3) is 3.26. The number of benzene rings is 2. The van der Waals surface area contributed by atoms with E-state index in [0.29, 0.717) is 11.6 Å². The average Bonchev–Trinajstić information content (AvgIpc) is 2.72. The van der Waals surface area contributed by atoms with Gasteiger partial charge in [-0.15, -0.1) is 0 Å². The monoisotopic (exact) mass is 377 g/mol. The Morgan fingerprint density at radius 1 is 1.04 bits per heavy atom. The standard InChI is InChI=1S/C22H23N3O3/c1-23-19-10-6-5-9-18(19)20(21(22(23)26)25(27)28)24-13-11-17(12-14-24)15-16-7-3-2-4-8-16/h2-10,17H,11-15H2,1H3. The van der Waals surface area contributed by atoms with Gasteiger partial charge in [0, 0.05) is 25.5 Å². The van der Waals surface area contributed by atoms with Crippen LogP contribution in [0.15, 0.2) is 59.4 Å². The zero-order valence-electron chi connectivity index (χ0n) is 15.9. The van der Waals surface area contributed by atoms with Gasteiger partial charge in [-0.3, -0.25) is 14.9 Å². The lowest BCUT2D eigenvalue weighted by molar-refractivity contribution is -0.385. The summed E-state index contributed by atoms with van der Waals surface area (Å²) >= 11 is 0. The minimum Gasteiger partial charge on any atom is -0.365 e. The predicted molar refractivity (Wildman–Crippen MR) is 111 cm³/mol. The molecule has 0 saturated carbocycles. The molecule has 0 atom stereocenters. The smallest absolute Gasteiger partial charge is 0.357 e. The second kappa shape index (κ2) is 7.46. The van der Waals surface area contributed by atoms with Gasteiger partial charge in [0.05, 0.1) is 10.4 Å². The number of anilines is 1. The number of pyridine rings is 1. The predicted octanol–water partition coefficient (Wildman–Crippen LogP) is 3.91. The normalized spacial score (nSPS) is 15.1. The number of aromatic nitrogens is 1. The average molecular weight is 377 g/mol. The molecule has 1 aliphatic rings. The van der Waals surface area contributed by atoms with Gasteiger partial charge in [-0.2, -0.15) is 0 Å². The molecule has 2 heterocycles. The van der Waals surface area contributed by atoms with Crippen LogP contribution >= 0.6 is 0 Å². The van der Waals surface area contributed by atoms with Crippen molar-refractivity contribution in [2.75, 3.05) is 18.0 Å². The van der Waals surface area contributed by atoms with Gasteiger partial charge in [0.25, 0.3) is 0 Å². The Labute approximate surface area is 163 Å². The zero-order valence-corrected chi connectivity index (χ0v) is 15.9. The van der Waals surface area contributed by atoms with Gasteiger partial charge in [-0.1, -0.05) is 48.5 Å². The van der Waals surface area contributed by atoms with Gasteiger partial charge in [-0.25, -0.2) is 0 Å². The Morgan fingerprint density at radius 3 is 2.36 bits per heavy atom. The van der Waals surface area contributed by atoms with E-state index in [-0.39, 0.29) is 5.69 Å². The SMILES string of the molecule is Cn1c(=O)c([N+](=O)[O-])c(N2CCC(Cc3ccccc3)CC2)c2ccccc21. The topological polar surface area (TPSA) is 68.4 Å². The summed E-state index contributed by atoms with van der Waals surface area (Å²) in [5.41, 5.74) is 1.65. The fourth-order valence-corrected chi connectivity index (χ4v) is 4.26. The van der Waals surface area contributed by atoms with Crippen LogP contribution in [-0.4, -0.2) is 22.6 Å². The van der Waals surface area contributed by atoms with E-state index in [1.54, 1.807) is 7.05 Å². The van der Waals surface area contributed by atoms with Gasteiger partial charge < -0.3 is 9.47 Å². The summed E-state index contributed by atoms with van der Waals surface area (Å²) in [5.74, 6) is 0.551. The number of hydrogen-bond donors (Lipinski definition) is 0. The molecule has 6 nitrogen and oxygen atoms in total. The van der Waals surface area contributed by atoms with Gasteiger partial charge in [0.2, 0.25) is 0 Å². The van der Waals surface area contributed by atoms with Crippen molar-refractivity contribution in [3.05, 3.63) is 80.6 Å². The molecular weight excluding hydrogens is 354 g/mol. The summed E-state index contributed by atoms with van der Waals surface area (Å²) in [6.45, 7) is 1.44. The van der Waals surface area contributed by atoms with Gasteiger partial charge in [-0.05, 0) is 36.8 Å². The summed E-state index contributed by atoms with van der Waals surface area (Å²) in [7, 11) is 1.59. The first-order valence-corrected chi connectivity index (χ1v) is 9.61. The Hall–Kier alpha value is -3.15. The highest BCUT2D eigenvalue weighted by molar-refractivity contribution is 5.96. The molecule has 1 aliphatic heterocycles. The van der Waals surface area contributed by atoms with Crippen LogP contribution in [0.2, 0.25) is 0 Å². The highest BCUT2D eigenvalue weighted by Gasteiger charge is 2.30. The second-order valence-corrected chi connectivity index (χ2v) is 7.46. The lowest BCUT2D eigenvalue weighted by atomic mass is 9.90. The first kappa shape index (κ1) is 18.2. The molecule has 0 N–H and O–H groups in total. The largest absolute Gasteiger partial charge is 0.365 e. The molecule has 3 aromatic rings. The van der Waals surface area contributed by atoms with Crippen molar-refractivity contribution >= 4 is 22.3 Å². The molecule has 0 aliphatic carbocycles. The van der Waals surface area contributed by atoms with E-state index in [4.69, 9.17) is 0 Å². The number of para-hydroxylation sites is 1. The molecule has 0 radical (unpaired) electrons. The van der Waals surface area contributed by atoms with Crippen LogP contribution in [0.25, 0.3) is 10.9 Å². The van der Waals surface area contributed by atoms with Gasteiger partial charge in [0.1, 0.15) is 5.69 Å². The van der Waals surface area contributed by atoms with Crippen LogP contribution in [0.5, 0.6) is 0 Å². The summed E-state index contributed by atoms with van der Waals surface area (Å²) < 4.78 is 1.37. The highest BCUT2D eigenvalue weighted by Crippen LogP contribution is 2.36. The quantitative estimate of drug-likeness (QED) is 0.511. The highest BCUT2D eigenvalue weighted by atomic mass is 16.6. The van der Waals surface area contributed by atoms with E-state index in [2.05, 4.69) is 24.3 Å². The second-order valence-electron chi connectivity index (χ2n) is 7.46. The fourth-order valence-electron chi connectivity index (χ4n) is 4.26. The fraction of sp³-hybridized carbons (Fsp3) is 0.318. The summed E-state index contributed by atoms with van der Waals surface area (Å²) in [4.78, 5) is 25.9. The number of nitrogens with zero attached hydrogens (tertiary/aromatic N) is 3. The maximum absolute atomic E-state index is 12.7. The molecule has 6 heteroatoms. The van der Waals surface area contributed by atoms with Gasteiger partial charge >= 0.3 is 11.2 Å². The molecule has 28 heavy (non-hydrogen) atoms. The molecule has 144 valence electrons. The van der Waals surface area contributed by atoms with E-state index in [1.165, 1.54) is 10.1 Å². The van der Waals surface area contributed by atoms with Crippen molar-refractivity contribution in [1.29, 1.82) is 0 Å². The molecule has 0 unspecified atom stereocenters. The third-order valence-corrected chi connectivity index (χ3v) is 5.73. The third-order valence-electron chi connectivity index (χ3n) is 5.73. The van der Waals surface area contributed by atoms with Crippen LogP contribution in [0.3, 0.4) is 0 Å². The van der Waals surface area contributed by atoms with Gasteiger partial charge in [0.15, 0.2) is 0 Å². The summed E-state index contributed by atoms with van der Waals surface area (Å²) in [6.07, 6.45) is 2.93. The van der Waals surface area contributed by atoms with E-state index in [1.807, 2.05) is 35.2 Å². The van der Waals surface area contributed by atoms with E-state index >= 15 is 0 Å². The summed E-state index contributed by atoms with van der Waals surface area (Å²) in [6, 6.07) is 17.8. The molecule has 0 amide bonds. The first-order chi connectivity index (χ1) is 13.6. The molecule has 2 aromatic carbocycles. The maximum Gasteiger partial charge on any atom is 0.357 e. The van der Waals surface area contributed by atoms with Crippen molar-refractivity contribution in [3.8, 4) is 0 Å². The minimum atomic E-state index is -0.551. The first-order valence-electron chi connectivity index (χ1n) is 9.61. The van der Waals surface area contributed by atoms with Crippen LogP contribution in [0.1, 0.15) is 18.4 Å². The van der Waals surface area contributed by atoms with Crippen LogP contribution in [0.4, 0.5) is 11.4 Å². The zero-order chi connectivity index (χ0) is 19.7. The van der Waals surface area contributed by atoms with Crippen LogP contribution < -0.4 is 10.5 Å². The lowest BCUT2D eigenvalue weighted by Gasteiger charge is -2.34. The Morgan fingerprint density at radius 2 is 1.68 bits per heavy atom. The maximum atomic E-state index is 12.7. The van der Waals surface area contributed by atoms with E-state index in [9.17, 15) is 14.9 Å². The van der Waals surface area contributed by atoms with Crippen molar-refractivity contribution in [1.82, 2.24) is 4.57 Å². The lowest BCUT2D eigenvalue weighted by Crippen LogP contribution is -2.36. The van der Waals surface area contributed by atoms with Crippen molar-refractivity contribution < 1.29 is 4.92 Å². The number of nitro groups is 1. The number of hydrogen-bond acceptors (Lipinski definition) is 4. The molecule has 0 bridgehead atoms. The van der Waals surface area contributed by atoms with Crippen LogP contribution in [-0.2, 0) is 13.5 Å². The van der Waals surface area contributed by atoms with Crippen molar-refractivity contribution in [2.24, 2.45) is 13.0 Å². The molecule has 4 rings (SSSR count). The Bertz CT molecular complexity index is 1070. The number of rotatable bonds is 4. The van der Waals surface area contributed by atoms with Crippen molar-refractivity contribution in [3.63, 3.8) is 0 Å².